The molecule has 2 aromatic rings. The Morgan fingerprint density at radius 1 is 1.20 bits per heavy atom. The molecule has 0 atom stereocenters. The second kappa shape index (κ2) is 8.17. The SMILES string of the molecule is CN(C(=O)C1(O)CCN(S(=O)(=O)c2cccs2)CC1)c1ccc(OC(F)(F)F)cc1. The predicted molar refractivity (Wildman–Crippen MR) is 104 cm³/mol. The van der Waals surface area contributed by atoms with Crippen molar-refractivity contribution >= 4 is 33.0 Å². The van der Waals surface area contributed by atoms with Crippen LogP contribution in [-0.2, 0) is 14.8 Å². The van der Waals surface area contributed by atoms with Gasteiger partial charge in [-0.3, -0.25) is 4.79 Å². The Hall–Kier alpha value is -2.15. The molecule has 1 aromatic heterocycles. The van der Waals surface area contributed by atoms with Crippen LogP contribution in [0.5, 0.6) is 5.75 Å². The molecule has 7 nitrogen and oxygen atoms in total. The molecule has 12 heteroatoms. The lowest BCUT2D eigenvalue weighted by Crippen LogP contribution is -2.55. The minimum absolute atomic E-state index is 0.0331. The number of carbonyl (C=O) groups excluding carboxylic acids is 1. The zero-order valence-electron chi connectivity index (χ0n) is 15.8. The molecule has 0 unspecified atom stereocenters. The van der Waals surface area contributed by atoms with Crippen molar-refractivity contribution in [3.05, 3.63) is 41.8 Å². The van der Waals surface area contributed by atoms with Crippen LogP contribution in [0.15, 0.2) is 46.0 Å². The van der Waals surface area contributed by atoms with Gasteiger partial charge < -0.3 is 14.7 Å². The van der Waals surface area contributed by atoms with Gasteiger partial charge in [0.05, 0.1) is 0 Å². The summed E-state index contributed by atoms with van der Waals surface area (Å²) in [4.78, 5) is 13.9. The lowest BCUT2D eigenvalue weighted by molar-refractivity contribution is -0.274. The molecule has 1 aromatic carbocycles. The third kappa shape index (κ3) is 4.77. The van der Waals surface area contributed by atoms with Gasteiger partial charge in [-0.25, -0.2) is 8.42 Å². The van der Waals surface area contributed by atoms with E-state index >= 15 is 0 Å². The molecule has 1 N–H and O–H groups in total. The average Bonchev–Trinajstić information content (AvgIpc) is 3.22. The molecule has 0 saturated carbocycles. The van der Waals surface area contributed by atoms with Crippen LogP contribution in [0.1, 0.15) is 12.8 Å². The number of hydrogen-bond acceptors (Lipinski definition) is 6. The van der Waals surface area contributed by atoms with Crippen molar-refractivity contribution in [3.63, 3.8) is 0 Å². The van der Waals surface area contributed by atoms with Crippen molar-refractivity contribution in [1.29, 1.82) is 0 Å². The van der Waals surface area contributed by atoms with Crippen LogP contribution in [-0.4, -0.2) is 55.8 Å². The second-order valence-electron chi connectivity index (χ2n) is 6.77. The monoisotopic (exact) mass is 464 g/mol. The summed E-state index contributed by atoms with van der Waals surface area (Å²) >= 11 is 1.09. The summed E-state index contributed by atoms with van der Waals surface area (Å²) in [5, 5.41) is 12.5. The lowest BCUT2D eigenvalue weighted by atomic mass is 9.91. The number of rotatable bonds is 5. The van der Waals surface area contributed by atoms with Crippen LogP contribution >= 0.6 is 11.3 Å². The van der Waals surface area contributed by atoms with Gasteiger partial charge in [0.1, 0.15) is 15.6 Å². The number of anilines is 1. The normalized spacial score (nSPS) is 17.5. The number of aliphatic hydroxyl groups is 1. The van der Waals surface area contributed by atoms with Gasteiger partial charge in [0.2, 0.25) is 0 Å². The molecule has 2 heterocycles. The molecule has 30 heavy (non-hydrogen) atoms. The zero-order chi connectivity index (χ0) is 22.2. The number of sulfonamides is 1. The number of carbonyl (C=O) groups is 1. The maximum Gasteiger partial charge on any atom is 0.573 e. The molecule has 0 bridgehead atoms. The van der Waals surface area contributed by atoms with Crippen molar-refractivity contribution in [2.24, 2.45) is 0 Å². The van der Waals surface area contributed by atoms with Crippen LogP contribution in [0.25, 0.3) is 0 Å². The number of alkyl halides is 3. The van der Waals surface area contributed by atoms with Gasteiger partial charge >= 0.3 is 6.36 Å². The Morgan fingerprint density at radius 3 is 2.30 bits per heavy atom. The maximum atomic E-state index is 12.8. The zero-order valence-corrected chi connectivity index (χ0v) is 17.4. The Labute approximate surface area is 175 Å². The molecule has 1 aliphatic rings. The average molecular weight is 464 g/mol. The van der Waals surface area contributed by atoms with Crippen LogP contribution in [0.4, 0.5) is 18.9 Å². The highest BCUT2D eigenvalue weighted by Gasteiger charge is 2.44. The molecule has 1 saturated heterocycles. The highest BCUT2D eigenvalue weighted by atomic mass is 32.2. The smallest absolute Gasteiger partial charge is 0.406 e. The third-order valence-electron chi connectivity index (χ3n) is 4.80. The van der Waals surface area contributed by atoms with Gasteiger partial charge in [0.25, 0.3) is 15.9 Å². The van der Waals surface area contributed by atoms with Crippen LogP contribution in [0.2, 0.25) is 0 Å². The Morgan fingerprint density at radius 2 is 1.80 bits per heavy atom. The number of hydrogen-bond donors (Lipinski definition) is 1. The molecule has 1 fully saturated rings. The molecule has 1 amide bonds. The summed E-state index contributed by atoms with van der Waals surface area (Å²) in [5.41, 5.74) is -1.52. The molecule has 1 aliphatic heterocycles. The van der Waals surface area contributed by atoms with Crippen molar-refractivity contribution in [3.8, 4) is 5.75 Å². The number of benzene rings is 1. The second-order valence-corrected chi connectivity index (χ2v) is 9.89. The Bertz CT molecular complexity index is 984. The van der Waals surface area contributed by atoms with E-state index in [1.165, 1.54) is 29.6 Å². The quantitative estimate of drug-likeness (QED) is 0.736. The van der Waals surface area contributed by atoms with E-state index in [1.54, 1.807) is 11.4 Å². The van der Waals surface area contributed by atoms with E-state index in [0.717, 1.165) is 28.4 Å². The Balaban J connectivity index is 1.67. The molecular weight excluding hydrogens is 445 g/mol. The van der Waals surface area contributed by atoms with Crippen molar-refractivity contribution in [1.82, 2.24) is 4.31 Å². The van der Waals surface area contributed by atoms with Gasteiger partial charge in [-0.1, -0.05) is 6.07 Å². The molecule has 0 radical (unpaired) electrons. The fraction of sp³-hybridized carbons (Fsp3) is 0.389. The highest BCUT2D eigenvalue weighted by molar-refractivity contribution is 7.91. The number of ether oxygens (including phenoxy) is 1. The van der Waals surface area contributed by atoms with Crippen LogP contribution in [0, 0.1) is 0 Å². The van der Waals surface area contributed by atoms with Gasteiger partial charge in [0, 0.05) is 25.8 Å². The first kappa shape index (κ1) is 22.5. The van der Waals surface area contributed by atoms with Crippen LogP contribution < -0.4 is 9.64 Å². The fourth-order valence-electron chi connectivity index (χ4n) is 3.15. The number of likely N-dealkylation sites (N-methyl/N-ethyl adjacent to an activating group) is 1. The summed E-state index contributed by atoms with van der Waals surface area (Å²) in [5.74, 6) is -1.10. The summed E-state index contributed by atoms with van der Waals surface area (Å²) in [6.07, 6.45) is -5.03. The summed E-state index contributed by atoms with van der Waals surface area (Å²) in [6.45, 7) is -0.0661. The number of halogens is 3. The van der Waals surface area contributed by atoms with Crippen molar-refractivity contribution in [2.75, 3.05) is 25.0 Å². The van der Waals surface area contributed by atoms with E-state index in [1.807, 2.05) is 0 Å². The lowest BCUT2D eigenvalue weighted by Gasteiger charge is -2.38. The van der Waals surface area contributed by atoms with E-state index in [2.05, 4.69) is 4.74 Å². The number of piperidine rings is 1. The minimum atomic E-state index is -4.82. The third-order valence-corrected chi connectivity index (χ3v) is 8.07. The maximum absolute atomic E-state index is 12.8. The minimum Gasteiger partial charge on any atom is -0.406 e. The van der Waals surface area contributed by atoms with Gasteiger partial charge in [-0.2, -0.15) is 4.31 Å². The first-order valence-corrected chi connectivity index (χ1v) is 11.1. The summed E-state index contributed by atoms with van der Waals surface area (Å²) < 4.78 is 67.2. The molecule has 3 rings (SSSR count). The highest BCUT2D eigenvalue weighted by Crippen LogP contribution is 2.31. The van der Waals surface area contributed by atoms with Crippen molar-refractivity contribution < 1.29 is 36.2 Å². The molecule has 0 aliphatic carbocycles. The largest absolute Gasteiger partial charge is 0.573 e. The topological polar surface area (TPSA) is 87.2 Å². The molecule has 0 spiro atoms. The predicted octanol–water partition coefficient (Wildman–Crippen LogP) is 2.83. The standard InChI is InChI=1S/C18H19F3N2O5S2/c1-22(13-4-6-14(7-5-13)28-18(19,20)21)16(24)17(25)8-10-23(11-9-17)30(26,27)15-3-2-12-29-15/h2-7,12,25H,8-11H2,1H3. The first-order chi connectivity index (χ1) is 13.9. The van der Waals surface area contributed by atoms with E-state index in [9.17, 15) is 31.5 Å². The fourth-order valence-corrected chi connectivity index (χ4v) is 5.73. The number of thiophene rings is 1. The Kier molecular flexibility index (Phi) is 6.14. The van der Waals surface area contributed by atoms with Crippen LogP contribution in [0.3, 0.4) is 0 Å². The van der Waals surface area contributed by atoms with Gasteiger partial charge in [-0.05, 0) is 48.6 Å². The summed E-state index contributed by atoms with van der Waals surface area (Å²) in [6, 6.07) is 7.77. The van der Waals surface area contributed by atoms with E-state index < -0.39 is 33.6 Å². The van der Waals surface area contributed by atoms with Gasteiger partial charge in [0.15, 0.2) is 0 Å². The van der Waals surface area contributed by atoms with E-state index in [4.69, 9.17) is 0 Å². The van der Waals surface area contributed by atoms with Gasteiger partial charge in [-0.15, -0.1) is 24.5 Å². The molecular formula is C18H19F3N2O5S2. The van der Waals surface area contributed by atoms with E-state index in [0.29, 0.717) is 0 Å². The molecule has 164 valence electrons. The van der Waals surface area contributed by atoms with Crippen molar-refractivity contribution in [2.45, 2.75) is 29.0 Å². The first-order valence-electron chi connectivity index (χ1n) is 8.82. The number of amides is 1. The number of nitrogens with zero attached hydrogens (tertiary/aromatic N) is 2. The summed E-state index contributed by atoms with van der Waals surface area (Å²) in [7, 11) is -2.29. The van der Waals surface area contributed by atoms with E-state index in [-0.39, 0.29) is 35.8 Å².